The zero-order valence-corrected chi connectivity index (χ0v) is 10.8. The molecule has 1 atom stereocenters. The summed E-state index contributed by atoms with van der Waals surface area (Å²) in [6, 6.07) is 8.24. The molecule has 16 heavy (non-hydrogen) atoms. The van der Waals surface area contributed by atoms with Gasteiger partial charge in [0.2, 0.25) is 0 Å². The second-order valence-corrected chi connectivity index (χ2v) is 4.99. The predicted molar refractivity (Wildman–Crippen MR) is 67.2 cm³/mol. The predicted octanol–water partition coefficient (Wildman–Crippen LogP) is 2.97. The van der Waals surface area contributed by atoms with Crippen molar-refractivity contribution >= 4 is 22.0 Å². The molecular formula is C12H15BrN2O. The number of hydrogen-bond acceptors (Lipinski definition) is 1. The largest absolute Gasteiger partial charge is 0.335 e. The number of urea groups is 1. The van der Waals surface area contributed by atoms with Gasteiger partial charge in [0, 0.05) is 10.5 Å². The van der Waals surface area contributed by atoms with E-state index in [4.69, 9.17) is 0 Å². The third-order valence-electron chi connectivity index (χ3n) is 2.63. The summed E-state index contributed by atoms with van der Waals surface area (Å²) in [7, 11) is 0. The quantitative estimate of drug-likeness (QED) is 0.879. The lowest BCUT2D eigenvalue weighted by Crippen LogP contribution is -2.38. The van der Waals surface area contributed by atoms with Crippen molar-refractivity contribution in [3.05, 3.63) is 34.3 Å². The lowest BCUT2D eigenvalue weighted by Gasteiger charge is -2.16. The Morgan fingerprint density at radius 1 is 1.44 bits per heavy atom. The zero-order chi connectivity index (χ0) is 11.5. The number of hydrogen-bond donors (Lipinski definition) is 2. The highest BCUT2D eigenvalue weighted by molar-refractivity contribution is 9.10. The average Bonchev–Trinajstić information content (AvgIpc) is 3.01. The van der Waals surface area contributed by atoms with Gasteiger partial charge < -0.3 is 10.6 Å². The minimum Gasteiger partial charge on any atom is -0.335 e. The van der Waals surface area contributed by atoms with Gasteiger partial charge in [0.05, 0.1) is 6.04 Å². The van der Waals surface area contributed by atoms with Gasteiger partial charge in [-0.05, 0) is 31.4 Å². The van der Waals surface area contributed by atoms with Crippen LogP contribution in [-0.4, -0.2) is 12.1 Å². The number of nitrogens with one attached hydrogen (secondary N) is 2. The molecule has 1 aliphatic carbocycles. The molecule has 1 aliphatic rings. The molecule has 1 fully saturated rings. The van der Waals surface area contributed by atoms with Crippen molar-refractivity contribution in [1.82, 2.24) is 10.6 Å². The normalized spacial score (nSPS) is 16.6. The van der Waals surface area contributed by atoms with Gasteiger partial charge in [0.25, 0.3) is 0 Å². The maximum Gasteiger partial charge on any atom is 0.315 e. The van der Waals surface area contributed by atoms with E-state index in [0.29, 0.717) is 6.04 Å². The van der Waals surface area contributed by atoms with Crippen LogP contribution in [0.3, 0.4) is 0 Å². The Bertz CT molecular complexity index is 390. The molecule has 0 aromatic heterocycles. The van der Waals surface area contributed by atoms with E-state index in [2.05, 4.69) is 26.6 Å². The van der Waals surface area contributed by atoms with Gasteiger partial charge in [0.15, 0.2) is 0 Å². The van der Waals surface area contributed by atoms with Crippen LogP contribution in [0.15, 0.2) is 28.7 Å². The summed E-state index contributed by atoms with van der Waals surface area (Å²) >= 11 is 3.48. The number of carbonyl (C=O) groups excluding carboxylic acids is 1. The molecule has 3 nitrogen and oxygen atoms in total. The van der Waals surface area contributed by atoms with E-state index in [1.54, 1.807) is 0 Å². The van der Waals surface area contributed by atoms with Crippen LogP contribution in [0, 0.1) is 0 Å². The van der Waals surface area contributed by atoms with Gasteiger partial charge >= 0.3 is 6.03 Å². The van der Waals surface area contributed by atoms with Gasteiger partial charge in [-0.3, -0.25) is 0 Å². The summed E-state index contributed by atoms with van der Waals surface area (Å²) < 4.78 is 1.02. The fourth-order valence-electron chi connectivity index (χ4n) is 1.56. The summed E-state index contributed by atoms with van der Waals surface area (Å²) in [5, 5.41) is 5.84. The first-order valence-electron chi connectivity index (χ1n) is 5.48. The third kappa shape index (κ3) is 2.98. The summed E-state index contributed by atoms with van der Waals surface area (Å²) in [6.45, 7) is 1.98. The molecule has 0 saturated heterocycles. The minimum absolute atomic E-state index is 0.00863. The number of benzene rings is 1. The Morgan fingerprint density at radius 3 is 2.75 bits per heavy atom. The van der Waals surface area contributed by atoms with Crippen LogP contribution in [0.4, 0.5) is 4.79 Å². The van der Waals surface area contributed by atoms with Gasteiger partial charge in [-0.15, -0.1) is 0 Å². The Labute approximate surface area is 104 Å². The molecule has 0 radical (unpaired) electrons. The SMILES string of the molecule is CC(NC(=O)NC1CC1)c1ccccc1Br. The molecule has 1 saturated carbocycles. The standard InChI is InChI=1S/C12H15BrN2O/c1-8(10-4-2-3-5-11(10)13)14-12(16)15-9-6-7-9/h2-5,8-9H,6-7H2,1H3,(H2,14,15,16). The summed E-state index contributed by atoms with van der Waals surface area (Å²) in [4.78, 5) is 11.6. The highest BCUT2D eigenvalue weighted by atomic mass is 79.9. The van der Waals surface area contributed by atoms with Crippen LogP contribution in [-0.2, 0) is 0 Å². The van der Waals surface area contributed by atoms with Crippen molar-refractivity contribution in [2.24, 2.45) is 0 Å². The van der Waals surface area contributed by atoms with Gasteiger partial charge in [-0.25, -0.2) is 4.79 Å². The summed E-state index contributed by atoms with van der Waals surface area (Å²) in [6.07, 6.45) is 2.22. The number of amides is 2. The van der Waals surface area contributed by atoms with Crippen LogP contribution in [0.5, 0.6) is 0 Å². The lowest BCUT2D eigenvalue weighted by molar-refractivity contribution is 0.237. The van der Waals surface area contributed by atoms with Crippen LogP contribution in [0.25, 0.3) is 0 Å². The van der Waals surface area contributed by atoms with Crippen molar-refractivity contribution in [3.63, 3.8) is 0 Å². The smallest absolute Gasteiger partial charge is 0.315 e. The minimum atomic E-state index is -0.0780. The van der Waals surface area contributed by atoms with Gasteiger partial charge in [-0.2, -0.15) is 0 Å². The van der Waals surface area contributed by atoms with Crippen LogP contribution in [0.2, 0.25) is 0 Å². The van der Waals surface area contributed by atoms with Crippen molar-refractivity contribution in [2.75, 3.05) is 0 Å². The van der Waals surface area contributed by atoms with Gasteiger partial charge in [0.1, 0.15) is 0 Å². The van der Waals surface area contributed by atoms with E-state index in [1.165, 1.54) is 0 Å². The van der Waals surface area contributed by atoms with Crippen molar-refractivity contribution in [3.8, 4) is 0 Å². The first kappa shape index (κ1) is 11.5. The van der Waals surface area contributed by atoms with Crippen molar-refractivity contribution in [2.45, 2.75) is 31.8 Å². The first-order valence-corrected chi connectivity index (χ1v) is 6.27. The number of carbonyl (C=O) groups is 1. The lowest BCUT2D eigenvalue weighted by atomic mass is 10.1. The van der Waals surface area contributed by atoms with E-state index in [9.17, 15) is 4.79 Å². The van der Waals surface area contributed by atoms with Crippen molar-refractivity contribution in [1.29, 1.82) is 0 Å². The Hall–Kier alpha value is -1.03. The van der Waals surface area contributed by atoms with Gasteiger partial charge in [-0.1, -0.05) is 34.1 Å². The number of halogens is 1. The Balaban J connectivity index is 1.93. The van der Waals surface area contributed by atoms with E-state index >= 15 is 0 Å². The Morgan fingerprint density at radius 2 is 2.12 bits per heavy atom. The molecule has 4 heteroatoms. The average molecular weight is 283 g/mol. The van der Waals surface area contributed by atoms with Crippen LogP contribution in [0.1, 0.15) is 31.4 Å². The molecular weight excluding hydrogens is 268 g/mol. The van der Waals surface area contributed by atoms with E-state index in [1.807, 2.05) is 31.2 Å². The fourth-order valence-corrected chi connectivity index (χ4v) is 2.18. The molecule has 1 unspecified atom stereocenters. The van der Waals surface area contributed by atoms with Crippen molar-refractivity contribution < 1.29 is 4.79 Å². The molecule has 2 rings (SSSR count). The molecule has 1 aromatic carbocycles. The van der Waals surface area contributed by atoms with Crippen LogP contribution >= 0.6 is 15.9 Å². The third-order valence-corrected chi connectivity index (χ3v) is 3.35. The molecule has 1 aromatic rings. The van der Waals surface area contributed by atoms with E-state index < -0.39 is 0 Å². The topological polar surface area (TPSA) is 41.1 Å². The summed E-state index contributed by atoms with van der Waals surface area (Å²) in [5.74, 6) is 0. The maximum atomic E-state index is 11.6. The monoisotopic (exact) mass is 282 g/mol. The Kier molecular flexibility index (Phi) is 3.49. The maximum absolute atomic E-state index is 11.6. The highest BCUT2D eigenvalue weighted by Gasteiger charge is 2.23. The number of rotatable bonds is 3. The zero-order valence-electron chi connectivity index (χ0n) is 9.16. The highest BCUT2D eigenvalue weighted by Crippen LogP contribution is 2.23. The molecule has 0 aliphatic heterocycles. The summed E-state index contributed by atoms with van der Waals surface area (Å²) in [5.41, 5.74) is 1.09. The first-order chi connectivity index (χ1) is 7.66. The molecule has 86 valence electrons. The molecule has 0 bridgehead atoms. The molecule has 0 heterocycles. The second-order valence-electron chi connectivity index (χ2n) is 4.14. The van der Waals surface area contributed by atoms with E-state index in [0.717, 1.165) is 22.9 Å². The molecule has 0 spiro atoms. The molecule has 2 N–H and O–H groups in total. The van der Waals surface area contributed by atoms with E-state index in [-0.39, 0.29) is 12.1 Å². The second kappa shape index (κ2) is 4.87. The fraction of sp³-hybridized carbons (Fsp3) is 0.417. The van der Waals surface area contributed by atoms with Crippen LogP contribution < -0.4 is 10.6 Å². The molecule has 2 amide bonds.